The van der Waals surface area contributed by atoms with Crippen molar-refractivity contribution in [2.24, 2.45) is 11.7 Å². The molecular weight excluding hydrogens is 232 g/mol. The van der Waals surface area contributed by atoms with E-state index >= 15 is 0 Å². The Bertz CT molecular complexity index is 425. The first-order valence-electron chi connectivity index (χ1n) is 7.57. The van der Waals surface area contributed by atoms with E-state index in [9.17, 15) is 0 Å². The third kappa shape index (κ3) is 3.01. The highest BCUT2D eigenvalue weighted by molar-refractivity contribution is 5.32. The van der Waals surface area contributed by atoms with Gasteiger partial charge in [-0.25, -0.2) is 0 Å². The molecular formula is C17H28N2. The van der Waals surface area contributed by atoms with E-state index in [1.165, 1.54) is 36.1 Å². The van der Waals surface area contributed by atoms with Crippen LogP contribution in [0.3, 0.4) is 0 Å². The average molecular weight is 260 g/mol. The fourth-order valence-corrected chi connectivity index (χ4v) is 3.34. The number of rotatable bonds is 3. The van der Waals surface area contributed by atoms with Crippen molar-refractivity contribution in [1.29, 1.82) is 0 Å². The molecule has 19 heavy (non-hydrogen) atoms. The first-order valence-corrected chi connectivity index (χ1v) is 7.57. The largest absolute Gasteiger partial charge is 0.330 e. The lowest BCUT2D eigenvalue weighted by Crippen LogP contribution is -2.45. The highest BCUT2D eigenvalue weighted by atomic mass is 15.2. The topological polar surface area (TPSA) is 29.3 Å². The number of likely N-dealkylation sites (tertiary alicyclic amines) is 1. The molecule has 0 aliphatic carbocycles. The molecule has 0 aromatic heterocycles. The fraction of sp³-hybridized carbons (Fsp3) is 0.647. The summed E-state index contributed by atoms with van der Waals surface area (Å²) in [6.07, 6.45) is 2.54. The molecule has 1 fully saturated rings. The predicted octanol–water partition coefficient (Wildman–Crippen LogP) is 3.42. The molecule has 0 radical (unpaired) electrons. The lowest BCUT2D eigenvalue weighted by molar-refractivity contribution is 0.0665. The molecule has 0 bridgehead atoms. The van der Waals surface area contributed by atoms with Gasteiger partial charge in [0.1, 0.15) is 0 Å². The van der Waals surface area contributed by atoms with Crippen molar-refractivity contribution in [3.05, 3.63) is 34.9 Å². The summed E-state index contributed by atoms with van der Waals surface area (Å²) >= 11 is 0. The van der Waals surface area contributed by atoms with Crippen LogP contribution in [0.2, 0.25) is 0 Å². The molecule has 0 spiro atoms. The summed E-state index contributed by atoms with van der Waals surface area (Å²) in [5, 5.41) is 0. The van der Waals surface area contributed by atoms with Crippen LogP contribution >= 0.6 is 0 Å². The highest BCUT2D eigenvalue weighted by Gasteiger charge is 2.33. The van der Waals surface area contributed by atoms with Gasteiger partial charge in [0.25, 0.3) is 0 Å². The molecule has 1 heterocycles. The number of nitrogens with zero attached hydrogens (tertiary/aromatic N) is 1. The Balaban J connectivity index is 2.36. The fourth-order valence-electron chi connectivity index (χ4n) is 3.34. The second-order valence-electron chi connectivity index (χ2n) is 6.26. The molecule has 2 rings (SSSR count). The SMILES string of the molecule is Cc1ccc(C2C(CN)CCCN2C(C)C)cc1C. The first-order chi connectivity index (χ1) is 9.04. The molecule has 1 saturated heterocycles. The smallest absolute Gasteiger partial charge is 0.0391 e. The molecule has 2 unspecified atom stereocenters. The average Bonchev–Trinajstić information content (AvgIpc) is 2.41. The van der Waals surface area contributed by atoms with Crippen molar-refractivity contribution in [3.8, 4) is 0 Å². The molecule has 0 amide bonds. The number of benzene rings is 1. The Hall–Kier alpha value is -0.860. The molecule has 2 nitrogen and oxygen atoms in total. The molecule has 0 saturated carbocycles. The maximum Gasteiger partial charge on any atom is 0.0391 e. The normalized spacial score (nSPS) is 24.9. The van der Waals surface area contributed by atoms with Gasteiger partial charge in [-0.2, -0.15) is 0 Å². The Morgan fingerprint density at radius 2 is 2.00 bits per heavy atom. The van der Waals surface area contributed by atoms with Crippen molar-refractivity contribution in [2.75, 3.05) is 13.1 Å². The molecule has 1 aromatic carbocycles. The zero-order valence-electron chi connectivity index (χ0n) is 12.8. The van der Waals surface area contributed by atoms with Gasteiger partial charge in [0, 0.05) is 12.1 Å². The highest BCUT2D eigenvalue weighted by Crippen LogP contribution is 2.37. The lowest BCUT2D eigenvalue weighted by Gasteiger charge is -2.44. The Morgan fingerprint density at radius 3 is 2.58 bits per heavy atom. The number of hydrogen-bond acceptors (Lipinski definition) is 2. The van der Waals surface area contributed by atoms with E-state index in [-0.39, 0.29) is 0 Å². The summed E-state index contributed by atoms with van der Waals surface area (Å²) in [4.78, 5) is 2.63. The Kier molecular flexibility index (Phi) is 4.64. The van der Waals surface area contributed by atoms with Crippen molar-refractivity contribution in [3.63, 3.8) is 0 Å². The van der Waals surface area contributed by atoms with Crippen LogP contribution < -0.4 is 5.73 Å². The van der Waals surface area contributed by atoms with Crippen molar-refractivity contribution >= 4 is 0 Å². The van der Waals surface area contributed by atoms with E-state index in [0.717, 1.165) is 6.54 Å². The summed E-state index contributed by atoms with van der Waals surface area (Å²) in [5.41, 5.74) is 10.3. The Morgan fingerprint density at radius 1 is 1.26 bits per heavy atom. The summed E-state index contributed by atoms with van der Waals surface area (Å²) in [6, 6.07) is 8.00. The van der Waals surface area contributed by atoms with Crippen LogP contribution in [0.4, 0.5) is 0 Å². The zero-order chi connectivity index (χ0) is 14.0. The van der Waals surface area contributed by atoms with Gasteiger partial charge in [-0.1, -0.05) is 18.2 Å². The van der Waals surface area contributed by atoms with Crippen molar-refractivity contribution < 1.29 is 0 Å². The number of hydrogen-bond donors (Lipinski definition) is 1. The van der Waals surface area contributed by atoms with Crippen molar-refractivity contribution in [1.82, 2.24) is 4.90 Å². The number of piperidine rings is 1. The maximum atomic E-state index is 6.03. The third-order valence-corrected chi connectivity index (χ3v) is 4.63. The summed E-state index contributed by atoms with van der Waals surface area (Å²) in [5.74, 6) is 0.596. The van der Waals surface area contributed by atoms with Crippen molar-refractivity contribution in [2.45, 2.75) is 52.6 Å². The van der Waals surface area contributed by atoms with E-state index in [1.807, 2.05) is 0 Å². The standard InChI is InChI=1S/C17H28N2/c1-12(2)19-9-5-6-16(11-18)17(19)15-8-7-13(3)14(4)10-15/h7-8,10,12,16-17H,5-6,9,11,18H2,1-4H3. The van der Waals surface area contributed by atoms with E-state index in [4.69, 9.17) is 5.73 Å². The summed E-state index contributed by atoms with van der Waals surface area (Å²) in [6.45, 7) is 11.0. The third-order valence-electron chi connectivity index (χ3n) is 4.63. The first kappa shape index (κ1) is 14.5. The van der Waals surface area contributed by atoms with Crippen LogP contribution in [-0.4, -0.2) is 24.0 Å². The van der Waals surface area contributed by atoms with E-state index in [2.05, 4.69) is 50.8 Å². The molecule has 2 N–H and O–H groups in total. The van der Waals surface area contributed by atoms with Gasteiger partial charge in [0.2, 0.25) is 0 Å². The Labute approximate surface area is 118 Å². The van der Waals surface area contributed by atoms with Crippen LogP contribution in [0.25, 0.3) is 0 Å². The van der Waals surface area contributed by atoms with Gasteiger partial charge in [0.15, 0.2) is 0 Å². The van der Waals surface area contributed by atoms with Gasteiger partial charge in [-0.15, -0.1) is 0 Å². The zero-order valence-corrected chi connectivity index (χ0v) is 12.8. The van der Waals surface area contributed by atoms with E-state index in [1.54, 1.807) is 0 Å². The van der Waals surface area contributed by atoms with Gasteiger partial charge in [-0.3, -0.25) is 4.90 Å². The number of aryl methyl sites for hydroxylation is 2. The molecule has 1 aliphatic heterocycles. The van der Waals surface area contributed by atoms with Crippen LogP contribution in [-0.2, 0) is 0 Å². The van der Waals surface area contributed by atoms with Crippen LogP contribution in [0.1, 0.15) is 49.4 Å². The molecule has 106 valence electrons. The molecule has 2 atom stereocenters. The minimum atomic E-state index is 0.498. The summed E-state index contributed by atoms with van der Waals surface area (Å²) < 4.78 is 0. The molecule has 2 heteroatoms. The van der Waals surface area contributed by atoms with Crippen LogP contribution in [0.5, 0.6) is 0 Å². The second kappa shape index (κ2) is 6.06. The summed E-state index contributed by atoms with van der Waals surface area (Å²) in [7, 11) is 0. The molecule has 1 aromatic rings. The van der Waals surface area contributed by atoms with Gasteiger partial charge >= 0.3 is 0 Å². The quantitative estimate of drug-likeness (QED) is 0.902. The minimum absolute atomic E-state index is 0.498. The van der Waals surface area contributed by atoms with Crippen LogP contribution in [0.15, 0.2) is 18.2 Å². The predicted molar refractivity (Wildman–Crippen MR) is 82.3 cm³/mol. The number of nitrogens with two attached hydrogens (primary N) is 1. The van der Waals surface area contributed by atoms with E-state index < -0.39 is 0 Å². The second-order valence-corrected chi connectivity index (χ2v) is 6.26. The maximum absolute atomic E-state index is 6.03. The minimum Gasteiger partial charge on any atom is -0.330 e. The van der Waals surface area contributed by atoms with Gasteiger partial charge in [-0.05, 0) is 76.2 Å². The van der Waals surface area contributed by atoms with Gasteiger partial charge < -0.3 is 5.73 Å². The van der Waals surface area contributed by atoms with Gasteiger partial charge in [0.05, 0.1) is 0 Å². The van der Waals surface area contributed by atoms with Crippen LogP contribution in [0, 0.1) is 19.8 Å². The van der Waals surface area contributed by atoms with E-state index in [0.29, 0.717) is 18.0 Å². The lowest BCUT2D eigenvalue weighted by atomic mass is 9.83. The monoisotopic (exact) mass is 260 g/mol. The molecule has 1 aliphatic rings.